The topological polar surface area (TPSA) is 58.6 Å². The Bertz CT molecular complexity index is 1170. The van der Waals surface area contributed by atoms with E-state index >= 15 is 0 Å². The second-order valence-electron chi connectivity index (χ2n) is 8.82. The van der Waals surface area contributed by atoms with Gasteiger partial charge in [0, 0.05) is 16.8 Å². The van der Waals surface area contributed by atoms with Gasteiger partial charge in [-0.2, -0.15) is 0 Å². The fourth-order valence-electron chi connectivity index (χ4n) is 3.58. The van der Waals surface area contributed by atoms with E-state index in [4.69, 9.17) is 4.74 Å². The number of amides is 2. The fourth-order valence-corrected chi connectivity index (χ4v) is 3.58. The van der Waals surface area contributed by atoms with Crippen molar-refractivity contribution in [2.45, 2.75) is 32.7 Å². The average Bonchev–Trinajstić information content (AvgIpc) is 2.76. The zero-order valence-electron chi connectivity index (χ0n) is 18.3. The molecule has 0 saturated heterocycles. The Hall–Kier alpha value is -3.67. The van der Waals surface area contributed by atoms with Gasteiger partial charge >= 0.3 is 0 Å². The molecule has 0 aromatic heterocycles. The van der Waals surface area contributed by atoms with E-state index in [2.05, 4.69) is 26.1 Å². The first-order valence-electron chi connectivity index (χ1n) is 10.4. The average molecular weight is 432 g/mol. The van der Waals surface area contributed by atoms with Crippen LogP contribution in [-0.2, 0) is 16.8 Å². The molecule has 0 unspecified atom stereocenters. The quantitative estimate of drug-likeness (QED) is 0.609. The Balaban J connectivity index is 1.57. The molecule has 3 aromatic rings. The van der Waals surface area contributed by atoms with Gasteiger partial charge < -0.3 is 15.0 Å². The lowest BCUT2D eigenvalue weighted by atomic mass is 9.87. The van der Waals surface area contributed by atoms with E-state index in [9.17, 15) is 14.0 Å². The number of halogens is 1. The Morgan fingerprint density at radius 3 is 2.47 bits per heavy atom. The highest BCUT2D eigenvalue weighted by Crippen LogP contribution is 2.36. The van der Waals surface area contributed by atoms with Gasteiger partial charge in [0.1, 0.15) is 11.6 Å². The first kappa shape index (κ1) is 21.6. The molecular weight excluding hydrogens is 407 g/mol. The van der Waals surface area contributed by atoms with E-state index < -0.39 is 0 Å². The Labute approximate surface area is 186 Å². The minimum Gasteiger partial charge on any atom is -0.482 e. The van der Waals surface area contributed by atoms with Crippen LogP contribution in [0.3, 0.4) is 0 Å². The second kappa shape index (κ2) is 8.46. The van der Waals surface area contributed by atoms with Gasteiger partial charge in [0.25, 0.3) is 11.8 Å². The maximum atomic E-state index is 14.2. The lowest BCUT2D eigenvalue weighted by Crippen LogP contribution is -2.38. The maximum absolute atomic E-state index is 14.2. The highest BCUT2D eigenvalue weighted by atomic mass is 19.1. The summed E-state index contributed by atoms with van der Waals surface area (Å²) >= 11 is 0. The molecule has 0 aliphatic carbocycles. The standard InChI is InChI=1S/C26H25FN2O3/c1-26(2,3)19-10-8-17(9-11-19)25(31)28-20-12-13-23-22(14-20)29(24(30)16-32-23)15-18-6-4-5-7-21(18)27/h4-14H,15-16H2,1-3H3,(H,28,31). The molecular formula is C26H25FN2O3. The van der Waals surface area contributed by atoms with Gasteiger partial charge in [-0.15, -0.1) is 0 Å². The first-order valence-corrected chi connectivity index (χ1v) is 10.4. The molecule has 0 radical (unpaired) electrons. The van der Waals surface area contributed by atoms with Crippen molar-refractivity contribution in [3.8, 4) is 5.75 Å². The van der Waals surface area contributed by atoms with Crippen molar-refractivity contribution in [2.24, 2.45) is 0 Å². The lowest BCUT2D eigenvalue weighted by Gasteiger charge is -2.30. The number of carbonyl (C=O) groups excluding carboxylic acids is 2. The number of hydrogen-bond acceptors (Lipinski definition) is 3. The molecule has 0 spiro atoms. The number of hydrogen-bond donors (Lipinski definition) is 1. The van der Waals surface area contributed by atoms with Gasteiger partial charge in [0.05, 0.1) is 12.2 Å². The van der Waals surface area contributed by atoms with Crippen molar-refractivity contribution in [3.63, 3.8) is 0 Å². The van der Waals surface area contributed by atoms with E-state index in [0.29, 0.717) is 28.3 Å². The van der Waals surface area contributed by atoms with Gasteiger partial charge in [-0.25, -0.2) is 4.39 Å². The molecule has 6 heteroatoms. The molecule has 164 valence electrons. The predicted molar refractivity (Wildman–Crippen MR) is 123 cm³/mol. The zero-order valence-corrected chi connectivity index (χ0v) is 18.3. The van der Waals surface area contributed by atoms with Crippen LogP contribution < -0.4 is 15.0 Å². The highest BCUT2D eigenvalue weighted by molar-refractivity contribution is 6.05. The maximum Gasteiger partial charge on any atom is 0.265 e. The first-order chi connectivity index (χ1) is 15.2. The summed E-state index contributed by atoms with van der Waals surface area (Å²) in [6.07, 6.45) is 0. The molecule has 5 nitrogen and oxygen atoms in total. The van der Waals surface area contributed by atoms with E-state index in [-0.39, 0.29) is 36.2 Å². The number of carbonyl (C=O) groups is 2. The molecule has 1 N–H and O–H groups in total. The van der Waals surface area contributed by atoms with Crippen LogP contribution in [0.15, 0.2) is 66.7 Å². The smallest absolute Gasteiger partial charge is 0.265 e. The third-order valence-corrected chi connectivity index (χ3v) is 5.46. The summed E-state index contributed by atoms with van der Waals surface area (Å²) in [4.78, 5) is 26.8. The van der Waals surface area contributed by atoms with Gasteiger partial charge in [-0.1, -0.05) is 51.1 Å². The Kier molecular flexibility index (Phi) is 5.70. The van der Waals surface area contributed by atoms with Crippen LogP contribution in [0.25, 0.3) is 0 Å². The van der Waals surface area contributed by atoms with Gasteiger partial charge in [-0.3, -0.25) is 9.59 Å². The summed E-state index contributed by atoms with van der Waals surface area (Å²) < 4.78 is 19.7. The molecule has 1 heterocycles. The fraction of sp³-hybridized carbons (Fsp3) is 0.231. The van der Waals surface area contributed by atoms with Crippen molar-refractivity contribution in [3.05, 3.63) is 89.2 Å². The Morgan fingerprint density at radius 2 is 1.78 bits per heavy atom. The van der Waals surface area contributed by atoms with Crippen molar-refractivity contribution in [2.75, 3.05) is 16.8 Å². The van der Waals surface area contributed by atoms with Crippen LogP contribution in [0.4, 0.5) is 15.8 Å². The summed E-state index contributed by atoms with van der Waals surface area (Å²) in [6, 6.07) is 18.9. The summed E-state index contributed by atoms with van der Waals surface area (Å²) in [5.74, 6) is -0.402. The van der Waals surface area contributed by atoms with Crippen LogP contribution in [-0.4, -0.2) is 18.4 Å². The van der Waals surface area contributed by atoms with Gasteiger partial charge in [-0.05, 0) is 47.4 Å². The minimum absolute atomic E-state index is 0.00171. The number of nitrogens with one attached hydrogen (secondary N) is 1. The SMILES string of the molecule is CC(C)(C)c1ccc(C(=O)Nc2ccc3c(c2)N(Cc2ccccc2F)C(=O)CO3)cc1. The predicted octanol–water partition coefficient (Wildman–Crippen LogP) is 5.30. The van der Waals surface area contributed by atoms with E-state index in [1.54, 1.807) is 48.5 Å². The van der Waals surface area contributed by atoms with Crippen molar-refractivity contribution < 1.29 is 18.7 Å². The van der Waals surface area contributed by atoms with Crippen molar-refractivity contribution in [1.29, 1.82) is 0 Å². The van der Waals surface area contributed by atoms with Gasteiger partial charge in [0.2, 0.25) is 0 Å². The minimum atomic E-state index is -0.378. The number of ether oxygens (including phenoxy) is 1. The summed E-state index contributed by atoms with van der Waals surface area (Å²) in [7, 11) is 0. The molecule has 0 fully saturated rings. The van der Waals surface area contributed by atoms with Crippen molar-refractivity contribution in [1.82, 2.24) is 0 Å². The van der Waals surface area contributed by atoms with Crippen LogP contribution in [0.2, 0.25) is 0 Å². The summed E-state index contributed by atoms with van der Waals surface area (Å²) in [6.45, 7) is 6.31. The molecule has 4 rings (SSSR count). The molecule has 1 aliphatic heterocycles. The molecule has 0 bridgehead atoms. The molecule has 0 saturated carbocycles. The Morgan fingerprint density at radius 1 is 1.06 bits per heavy atom. The summed E-state index contributed by atoms with van der Waals surface area (Å²) in [5.41, 5.74) is 3.09. The second-order valence-corrected chi connectivity index (χ2v) is 8.82. The number of benzene rings is 3. The third-order valence-electron chi connectivity index (χ3n) is 5.46. The van der Waals surface area contributed by atoms with Gasteiger partial charge in [0.15, 0.2) is 6.61 Å². The molecule has 32 heavy (non-hydrogen) atoms. The van der Waals surface area contributed by atoms with E-state index in [1.165, 1.54) is 11.0 Å². The molecule has 2 amide bonds. The number of fused-ring (bicyclic) bond motifs is 1. The normalized spacial score (nSPS) is 13.4. The van der Waals surface area contributed by atoms with E-state index in [0.717, 1.165) is 5.56 Å². The largest absolute Gasteiger partial charge is 0.482 e. The van der Waals surface area contributed by atoms with Crippen LogP contribution in [0.1, 0.15) is 42.3 Å². The summed E-state index contributed by atoms with van der Waals surface area (Å²) in [5, 5.41) is 2.87. The monoisotopic (exact) mass is 432 g/mol. The molecule has 1 aliphatic rings. The molecule has 3 aromatic carbocycles. The van der Waals surface area contributed by atoms with Crippen LogP contribution in [0.5, 0.6) is 5.75 Å². The number of anilines is 2. The van der Waals surface area contributed by atoms with Crippen molar-refractivity contribution >= 4 is 23.2 Å². The van der Waals surface area contributed by atoms with E-state index in [1.807, 2.05) is 12.1 Å². The van der Waals surface area contributed by atoms with Crippen LogP contribution >= 0.6 is 0 Å². The molecule has 0 atom stereocenters. The number of nitrogens with zero attached hydrogens (tertiary/aromatic N) is 1. The highest BCUT2D eigenvalue weighted by Gasteiger charge is 2.27. The van der Waals surface area contributed by atoms with Crippen LogP contribution in [0, 0.1) is 5.82 Å². The number of rotatable bonds is 4. The third kappa shape index (κ3) is 4.49. The zero-order chi connectivity index (χ0) is 22.9. The lowest BCUT2D eigenvalue weighted by molar-refractivity contribution is -0.121.